The van der Waals surface area contributed by atoms with Crippen molar-refractivity contribution in [3.63, 3.8) is 0 Å². The molecule has 3 heteroatoms. The van der Waals surface area contributed by atoms with Gasteiger partial charge in [-0.3, -0.25) is 0 Å². The second kappa shape index (κ2) is 16.9. The van der Waals surface area contributed by atoms with Crippen LogP contribution in [0, 0.1) is 14.9 Å². The molecule has 0 N–H and O–H groups in total. The van der Waals surface area contributed by atoms with E-state index in [0.717, 1.165) is 0 Å². The van der Waals surface area contributed by atoms with Crippen LogP contribution in [0.3, 0.4) is 0 Å². The summed E-state index contributed by atoms with van der Waals surface area (Å²) in [6.07, 6.45) is 35.5. The van der Waals surface area contributed by atoms with Crippen LogP contribution in [0.2, 0.25) is 0 Å². The van der Waals surface area contributed by atoms with Gasteiger partial charge in [0.15, 0.2) is 0 Å². The maximum atomic E-state index is 1.77. The number of rotatable bonds is 7. The summed E-state index contributed by atoms with van der Waals surface area (Å²) in [4.78, 5) is 0. The van der Waals surface area contributed by atoms with E-state index in [1.807, 2.05) is 0 Å². The quantitative estimate of drug-likeness (QED) is 0.181. The molecule has 0 radical (unpaired) electrons. The normalized spacial score (nSPS) is 25.0. The third-order valence-corrected chi connectivity index (χ3v) is 17.9. The van der Waals surface area contributed by atoms with Gasteiger partial charge < -0.3 is 14.9 Å². The molecule has 4 fully saturated rings. The van der Waals surface area contributed by atoms with Gasteiger partial charge in [0, 0.05) is 15.8 Å². The van der Waals surface area contributed by atoms with E-state index in [0.29, 0.717) is 0 Å². The minimum atomic E-state index is -0.0909. The van der Waals surface area contributed by atoms with Crippen molar-refractivity contribution in [3.8, 4) is 0 Å². The fourth-order valence-corrected chi connectivity index (χ4v) is 17.5. The Kier molecular flexibility index (Phi) is 16.6. The molecule has 0 amide bonds. The fourth-order valence-electron chi connectivity index (χ4n) is 7.67. The molecule has 4 aliphatic rings. The Morgan fingerprint density at radius 3 is 0.742 bits per heavy atom. The standard InChI is InChI=1S/C26H48P2.2CH3.Ni/c1-5-13-23(14-6-1)27(24-15-7-2-8-16-24)21-22-28(25-17-9-3-10-18-25)26-19-11-4-12-20-26;;;/h23-26H,1-22H2;2*1H3;/q;2*-1;+2/p+2. The molecular formula is C28H56NiP2+2. The van der Waals surface area contributed by atoms with E-state index in [2.05, 4.69) is 0 Å². The Balaban J connectivity index is 0.00000160. The molecule has 0 aromatic carbocycles. The van der Waals surface area contributed by atoms with Crippen molar-refractivity contribution in [3.05, 3.63) is 14.9 Å². The van der Waals surface area contributed by atoms with Crippen LogP contribution in [0.1, 0.15) is 128 Å². The van der Waals surface area contributed by atoms with Crippen molar-refractivity contribution in [2.75, 3.05) is 12.3 Å². The molecule has 0 bridgehead atoms. The van der Waals surface area contributed by atoms with Crippen LogP contribution in [-0.4, -0.2) is 35.0 Å². The number of hydrogen-bond donors (Lipinski definition) is 0. The molecule has 186 valence electrons. The van der Waals surface area contributed by atoms with Crippen molar-refractivity contribution in [1.29, 1.82) is 0 Å². The summed E-state index contributed by atoms with van der Waals surface area (Å²) in [5, 5.41) is 0. The Morgan fingerprint density at radius 1 is 0.355 bits per heavy atom. The number of hydrogen-bond acceptors (Lipinski definition) is 0. The summed E-state index contributed by atoms with van der Waals surface area (Å²) in [5.41, 5.74) is 4.90. The van der Waals surface area contributed by atoms with E-state index in [4.69, 9.17) is 0 Å². The minimum Gasteiger partial charge on any atom is -0.358 e. The molecule has 31 heavy (non-hydrogen) atoms. The third kappa shape index (κ3) is 9.14. The SMILES string of the molecule is C1CCC([PH+](CC[PH+](C2CCCCC2)C2CCCCC2)C2CCCCC2)CC1.[CH3-].[CH3-].[Ni+2]. The fraction of sp³-hybridized carbons (Fsp3) is 0.929. The summed E-state index contributed by atoms with van der Waals surface area (Å²) in [5.74, 6) is 0. The van der Waals surface area contributed by atoms with Gasteiger partial charge in [0.2, 0.25) is 0 Å². The van der Waals surface area contributed by atoms with Crippen LogP contribution >= 0.6 is 15.8 Å². The van der Waals surface area contributed by atoms with Crippen molar-refractivity contribution in [2.45, 2.75) is 151 Å². The van der Waals surface area contributed by atoms with Crippen LogP contribution in [0.5, 0.6) is 0 Å². The Bertz CT molecular complexity index is 343. The van der Waals surface area contributed by atoms with Gasteiger partial charge in [0.1, 0.15) is 0 Å². The summed E-state index contributed by atoms with van der Waals surface area (Å²) < 4.78 is 0. The minimum absolute atomic E-state index is 0. The van der Waals surface area contributed by atoms with Crippen LogP contribution in [0.4, 0.5) is 0 Å². The average Bonchev–Trinajstić information content (AvgIpc) is 2.79. The summed E-state index contributed by atoms with van der Waals surface area (Å²) in [7, 11) is -0.182. The van der Waals surface area contributed by atoms with E-state index in [1.165, 1.54) is 22.6 Å². The molecule has 0 aromatic rings. The van der Waals surface area contributed by atoms with Crippen LogP contribution in [0.25, 0.3) is 0 Å². The summed E-state index contributed by atoms with van der Waals surface area (Å²) in [6.45, 7) is 0. The molecule has 0 aromatic heterocycles. The van der Waals surface area contributed by atoms with Gasteiger partial charge in [-0.2, -0.15) is 0 Å². The monoisotopic (exact) mass is 512 g/mol. The molecule has 0 heterocycles. The second-order valence-corrected chi connectivity index (χ2v) is 17.6. The molecule has 4 aliphatic carbocycles. The van der Waals surface area contributed by atoms with Gasteiger partial charge in [-0.25, -0.2) is 0 Å². The van der Waals surface area contributed by atoms with Crippen molar-refractivity contribution >= 4 is 15.8 Å². The zero-order valence-electron chi connectivity index (χ0n) is 21.2. The maximum Gasteiger partial charge on any atom is 2.00 e. The molecule has 4 saturated carbocycles. The van der Waals surface area contributed by atoms with Gasteiger partial charge in [-0.05, 0) is 103 Å². The van der Waals surface area contributed by atoms with Crippen LogP contribution in [-0.2, 0) is 16.5 Å². The van der Waals surface area contributed by atoms with Gasteiger partial charge in [0.05, 0.1) is 35.0 Å². The first-order valence-corrected chi connectivity index (χ1v) is 17.4. The van der Waals surface area contributed by atoms with Crippen molar-refractivity contribution in [2.24, 2.45) is 0 Å². The van der Waals surface area contributed by atoms with Crippen LogP contribution in [0.15, 0.2) is 0 Å². The van der Waals surface area contributed by atoms with Gasteiger partial charge in [0.25, 0.3) is 0 Å². The Morgan fingerprint density at radius 2 is 0.548 bits per heavy atom. The molecule has 0 saturated heterocycles. The predicted molar refractivity (Wildman–Crippen MR) is 147 cm³/mol. The molecule has 4 rings (SSSR count). The zero-order chi connectivity index (χ0) is 19.0. The first kappa shape index (κ1) is 30.4. The molecule has 0 aliphatic heterocycles. The topological polar surface area (TPSA) is 0 Å². The molecule has 0 spiro atoms. The van der Waals surface area contributed by atoms with Crippen LogP contribution < -0.4 is 0 Å². The molecule has 0 unspecified atom stereocenters. The first-order valence-electron chi connectivity index (χ1n) is 13.6. The summed E-state index contributed by atoms with van der Waals surface area (Å²) >= 11 is 0. The van der Waals surface area contributed by atoms with E-state index >= 15 is 0 Å². The molecule has 0 atom stereocenters. The van der Waals surface area contributed by atoms with Gasteiger partial charge in [-0.15, -0.1) is 0 Å². The zero-order valence-corrected chi connectivity index (χ0v) is 24.2. The predicted octanol–water partition coefficient (Wildman–Crippen LogP) is 9.64. The van der Waals surface area contributed by atoms with Crippen molar-refractivity contribution < 1.29 is 16.5 Å². The van der Waals surface area contributed by atoms with Gasteiger partial charge >= 0.3 is 16.5 Å². The second-order valence-electron chi connectivity index (χ2n) is 11.0. The average molecular weight is 513 g/mol. The molecule has 0 nitrogen and oxygen atoms in total. The van der Waals surface area contributed by atoms with Gasteiger partial charge in [-0.1, -0.05) is 25.7 Å². The van der Waals surface area contributed by atoms with E-state index in [9.17, 15) is 0 Å². The van der Waals surface area contributed by atoms with E-state index < -0.39 is 0 Å². The van der Waals surface area contributed by atoms with E-state index in [1.54, 1.807) is 141 Å². The largest absolute Gasteiger partial charge is 2.00 e. The third-order valence-electron chi connectivity index (χ3n) is 9.22. The first-order chi connectivity index (χ1) is 13.9. The van der Waals surface area contributed by atoms with E-state index in [-0.39, 0.29) is 47.2 Å². The summed E-state index contributed by atoms with van der Waals surface area (Å²) in [6, 6.07) is 0. The Labute approximate surface area is 210 Å². The smallest absolute Gasteiger partial charge is 0.358 e. The van der Waals surface area contributed by atoms with Crippen molar-refractivity contribution in [1.82, 2.24) is 0 Å². The molecular weight excluding hydrogens is 457 g/mol. The maximum absolute atomic E-state index is 1.77. The Hall–Kier alpha value is 1.35.